The van der Waals surface area contributed by atoms with Crippen molar-refractivity contribution in [1.29, 1.82) is 0 Å². The summed E-state index contributed by atoms with van der Waals surface area (Å²) in [5, 5.41) is 3.93. The minimum Gasteiger partial charge on any atom is -0.496 e. The van der Waals surface area contributed by atoms with Crippen LogP contribution in [0, 0.1) is 0 Å². The van der Waals surface area contributed by atoms with Crippen LogP contribution in [0.25, 0.3) is 27.7 Å². The molecule has 4 aromatic rings. The van der Waals surface area contributed by atoms with E-state index in [0.717, 1.165) is 27.6 Å². The molecular weight excluding hydrogens is 400 g/mol. The third-order valence-corrected chi connectivity index (χ3v) is 5.07. The number of methoxy groups -OCH3 is 1. The van der Waals surface area contributed by atoms with Crippen molar-refractivity contribution in [2.75, 3.05) is 12.4 Å². The summed E-state index contributed by atoms with van der Waals surface area (Å²) < 4.78 is 11.3. The molecule has 150 valence electrons. The van der Waals surface area contributed by atoms with Gasteiger partial charge in [-0.1, -0.05) is 41.9 Å². The number of hydrogen-bond donors (Lipinski definition) is 1. The summed E-state index contributed by atoms with van der Waals surface area (Å²) in [4.78, 5) is 16.5. The van der Waals surface area contributed by atoms with E-state index in [4.69, 9.17) is 20.8 Å². The third-order valence-electron chi connectivity index (χ3n) is 4.77. The molecule has 1 N–H and O–H groups in total. The lowest BCUT2D eigenvalue weighted by molar-refractivity contribution is -0.111. The zero-order valence-electron chi connectivity index (χ0n) is 16.5. The lowest BCUT2D eigenvalue weighted by atomic mass is 9.99. The Labute approximate surface area is 179 Å². The van der Waals surface area contributed by atoms with Gasteiger partial charge >= 0.3 is 0 Å². The Hall–Kier alpha value is -3.57. The topological polar surface area (TPSA) is 64.4 Å². The number of furan rings is 1. The van der Waals surface area contributed by atoms with Crippen molar-refractivity contribution in [3.05, 3.63) is 83.8 Å². The Morgan fingerprint density at radius 2 is 1.97 bits per heavy atom. The maximum atomic E-state index is 12.5. The van der Waals surface area contributed by atoms with Gasteiger partial charge < -0.3 is 14.5 Å². The number of pyridine rings is 1. The minimum absolute atomic E-state index is 0.238. The molecule has 6 heteroatoms. The maximum absolute atomic E-state index is 12.5. The quantitative estimate of drug-likeness (QED) is 0.309. The number of benzene rings is 2. The lowest BCUT2D eigenvalue weighted by Crippen LogP contribution is -2.09. The number of rotatable bonds is 5. The summed E-state index contributed by atoms with van der Waals surface area (Å²) in [5.74, 6) is 0.317. The van der Waals surface area contributed by atoms with Crippen LogP contribution in [0.1, 0.15) is 12.5 Å². The fourth-order valence-corrected chi connectivity index (χ4v) is 3.46. The Kier molecular flexibility index (Phi) is 5.55. The largest absolute Gasteiger partial charge is 0.496 e. The van der Waals surface area contributed by atoms with E-state index in [-0.39, 0.29) is 11.1 Å². The van der Waals surface area contributed by atoms with Gasteiger partial charge in [-0.2, -0.15) is 0 Å². The molecule has 4 rings (SSSR count). The van der Waals surface area contributed by atoms with Crippen LogP contribution in [0.4, 0.5) is 5.69 Å². The number of nitrogens with one attached hydrogen (secondary N) is 1. The summed E-state index contributed by atoms with van der Waals surface area (Å²) in [7, 11) is 1.59. The molecule has 0 unspecified atom stereocenters. The zero-order valence-corrected chi connectivity index (χ0v) is 17.2. The highest BCUT2D eigenvalue weighted by molar-refractivity contribution is 6.32. The van der Waals surface area contributed by atoms with Crippen LogP contribution in [-0.4, -0.2) is 18.0 Å². The number of amides is 1. The van der Waals surface area contributed by atoms with E-state index in [0.29, 0.717) is 17.0 Å². The van der Waals surface area contributed by atoms with Gasteiger partial charge in [-0.3, -0.25) is 4.79 Å². The number of halogens is 1. The highest BCUT2D eigenvalue weighted by Gasteiger charge is 2.15. The van der Waals surface area contributed by atoms with Crippen molar-refractivity contribution in [3.63, 3.8) is 0 Å². The number of ether oxygens (including phenoxy) is 1. The highest BCUT2D eigenvalue weighted by Crippen LogP contribution is 2.37. The minimum atomic E-state index is -0.306. The third kappa shape index (κ3) is 3.93. The molecule has 0 saturated carbocycles. The summed E-state index contributed by atoms with van der Waals surface area (Å²) in [6.07, 6.45) is 4.81. The van der Waals surface area contributed by atoms with Gasteiger partial charge in [0, 0.05) is 34.9 Å². The normalized spacial score (nSPS) is 11.5. The van der Waals surface area contributed by atoms with Crippen LogP contribution in [0.3, 0.4) is 0 Å². The number of carbonyl (C=O) groups excluding carboxylic acids is 1. The summed E-state index contributed by atoms with van der Waals surface area (Å²) in [6.45, 7) is 1.86. The van der Waals surface area contributed by atoms with Crippen molar-refractivity contribution >= 4 is 39.7 Å². The Bertz CT molecular complexity index is 1250. The summed E-state index contributed by atoms with van der Waals surface area (Å²) >= 11 is 6.02. The molecule has 0 aliphatic carbocycles. The summed E-state index contributed by atoms with van der Waals surface area (Å²) in [6, 6.07) is 17.2. The van der Waals surface area contributed by atoms with Gasteiger partial charge in [0.1, 0.15) is 11.3 Å². The molecule has 0 bridgehead atoms. The van der Waals surface area contributed by atoms with Crippen LogP contribution >= 0.6 is 11.6 Å². The van der Waals surface area contributed by atoms with Gasteiger partial charge in [-0.15, -0.1) is 0 Å². The van der Waals surface area contributed by atoms with Crippen molar-refractivity contribution in [1.82, 2.24) is 4.98 Å². The van der Waals surface area contributed by atoms with Gasteiger partial charge in [-0.05, 0) is 36.3 Å². The molecule has 0 atom stereocenters. The molecule has 1 amide bonds. The molecule has 0 fully saturated rings. The Balaban J connectivity index is 1.72. The van der Waals surface area contributed by atoms with E-state index in [2.05, 4.69) is 10.3 Å². The van der Waals surface area contributed by atoms with E-state index >= 15 is 0 Å². The van der Waals surface area contributed by atoms with Gasteiger partial charge in [0.05, 0.1) is 19.1 Å². The fraction of sp³-hybridized carbons (Fsp3) is 0.0833. The van der Waals surface area contributed by atoms with Gasteiger partial charge in [0.2, 0.25) is 5.91 Å². The molecule has 30 heavy (non-hydrogen) atoms. The molecule has 0 saturated heterocycles. The second-order valence-corrected chi connectivity index (χ2v) is 7.08. The SMILES string of the molecule is COc1cc2occ(-c3ccccc3)c2cc1/C(C)=C/C(=O)Nc1cccnc1Cl. The van der Waals surface area contributed by atoms with Crippen molar-refractivity contribution < 1.29 is 13.9 Å². The van der Waals surface area contributed by atoms with Crippen LogP contribution in [-0.2, 0) is 4.79 Å². The highest BCUT2D eigenvalue weighted by atomic mass is 35.5. The molecule has 2 aromatic carbocycles. The molecule has 5 nitrogen and oxygen atoms in total. The predicted octanol–water partition coefficient (Wildman–Crippen LogP) is 6.20. The van der Waals surface area contributed by atoms with Crippen molar-refractivity contribution in [2.24, 2.45) is 0 Å². The monoisotopic (exact) mass is 418 g/mol. The van der Waals surface area contributed by atoms with Gasteiger partial charge in [0.15, 0.2) is 5.15 Å². The molecular formula is C24H19ClN2O3. The molecule has 2 heterocycles. The molecule has 0 radical (unpaired) electrons. The average molecular weight is 419 g/mol. The van der Waals surface area contributed by atoms with Gasteiger partial charge in [-0.25, -0.2) is 4.98 Å². The maximum Gasteiger partial charge on any atom is 0.248 e. The van der Waals surface area contributed by atoms with Crippen LogP contribution < -0.4 is 10.1 Å². The number of anilines is 1. The number of aromatic nitrogens is 1. The van der Waals surface area contributed by atoms with Crippen LogP contribution in [0.2, 0.25) is 5.15 Å². The smallest absolute Gasteiger partial charge is 0.248 e. The van der Waals surface area contributed by atoms with Crippen molar-refractivity contribution in [2.45, 2.75) is 6.92 Å². The number of nitrogens with zero attached hydrogens (tertiary/aromatic N) is 1. The van der Waals surface area contributed by atoms with Gasteiger partial charge in [0.25, 0.3) is 0 Å². The zero-order chi connectivity index (χ0) is 21.1. The second-order valence-electron chi connectivity index (χ2n) is 6.72. The Morgan fingerprint density at radius 3 is 2.70 bits per heavy atom. The first-order chi connectivity index (χ1) is 14.6. The molecule has 0 spiro atoms. The van der Waals surface area contributed by atoms with E-state index in [1.165, 1.54) is 6.08 Å². The average Bonchev–Trinajstić information content (AvgIpc) is 3.18. The number of allylic oxidation sites excluding steroid dienone is 1. The molecule has 0 aliphatic heterocycles. The number of fused-ring (bicyclic) bond motifs is 1. The van der Waals surface area contributed by atoms with Crippen LogP contribution in [0.5, 0.6) is 5.75 Å². The molecule has 0 aliphatic rings. The standard InChI is InChI=1S/C24H19ClN2O3/c1-15(11-23(28)27-20-9-6-10-26-24(20)25)17-12-18-19(16-7-4-3-5-8-16)14-30-22(18)13-21(17)29-2/h3-14H,1-2H3,(H,27,28)/b15-11+. The van der Waals surface area contributed by atoms with E-state index in [1.807, 2.05) is 49.4 Å². The van der Waals surface area contributed by atoms with Crippen LogP contribution in [0.15, 0.2) is 77.6 Å². The van der Waals surface area contributed by atoms with Crippen molar-refractivity contribution in [3.8, 4) is 16.9 Å². The first-order valence-corrected chi connectivity index (χ1v) is 9.69. The number of carbonyl (C=O) groups is 1. The summed E-state index contributed by atoms with van der Waals surface area (Å²) in [5.41, 5.74) is 4.75. The second kappa shape index (κ2) is 8.43. The fourth-order valence-electron chi connectivity index (χ4n) is 3.30. The first-order valence-electron chi connectivity index (χ1n) is 9.31. The van der Waals surface area contributed by atoms with E-state index in [9.17, 15) is 4.79 Å². The lowest BCUT2D eigenvalue weighted by Gasteiger charge is -2.10. The van der Waals surface area contributed by atoms with E-state index < -0.39 is 0 Å². The number of hydrogen-bond acceptors (Lipinski definition) is 4. The first kappa shape index (κ1) is 19.7. The molecule has 2 aromatic heterocycles. The predicted molar refractivity (Wildman–Crippen MR) is 120 cm³/mol. The Morgan fingerprint density at radius 1 is 1.17 bits per heavy atom. The van der Waals surface area contributed by atoms with E-state index in [1.54, 1.807) is 31.7 Å².